The molecule has 0 bridgehead atoms. The van der Waals surface area contributed by atoms with Crippen molar-refractivity contribution < 1.29 is 9.72 Å². The molecule has 0 unspecified atom stereocenters. The van der Waals surface area contributed by atoms with E-state index in [4.69, 9.17) is 11.6 Å². The Morgan fingerprint density at radius 1 is 1.23 bits per heavy atom. The minimum absolute atomic E-state index is 0.0544. The van der Waals surface area contributed by atoms with Crippen molar-refractivity contribution in [2.75, 3.05) is 10.6 Å². The Kier molecular flexibility index (Phi) is 5.94. The number of anilines is 2. The number of amides is 1. The number of non-ortho nitro benzene ring substituents is 1. The molecule has 0 spiro atoms. The van der Waals surface area contributed by atoms with Crippen molar-refractivity contribution in [2.24, 2.45) is 0 Å². The van der Waals surface area contributed by atoms with Crippen molar-refractivity contribution in [1.29, 1.82) is 5.26 Å². The normalized spacial score (nSPS) is 10.8. The van der Waals surface area contributed by atoms with Crippen molar-refractivity contribution in [2.45, 2.75) is 13.8 Å². The molecule has 7 nitrogen and oxygen atoms in total. The first-order chi connectivity index (χ1) is 12.3. The molecule has 2 aromatic carbocycles. The van der Waals surface area contributed by atoms with Crippen LogP contribution in [0.5, 0.6) is 0 Å². The highest BCUT2D eigenvalue weighted by Gasteiger charge is 2.15. The van der Waals surface area contributed by atoms with Gasteiger partial charge < -0.3 is 10.6 Å². The molecule has 1 amide bonds. The highest BCUT2D eigenvalue weighted by molar-refractivity contribution is 6.34. The third kappa shape index (κ3) is 4.59. The molecule has 26 heavy (non-hydrogen) atoms. The average molecular weight is 371 g/mol. The number of carbonyl (C=O) groups is 1. The van der Waals surface area contributed by atoms with Gasteiger partial charge in [-0.2, -0.15) is 5.26 Å². The number of carbonyl (C=O) groups excluding carboxylic acids is 1. The van der Waals surface area contributed by atoms with Crippen molar-refractivity contribution in [1.82, 2.24) is 0 Å². The molecule has 2 aromatic rings. The number of halogens is 1. The third-order valence-corrected chi connectivity index (χ3v) is 3.87. The van der Waals surface area contributed by atoms with Gasteiger partial charge in [0.1, 0.15) is 11.6 Å². The fraction of sp³-hybridized carbons (Fsp3) is 0.111. The van der Waals surface area contributed by atoms with E-state index < -0.39 is 10.8 Å². The molecule has 0 aliphatic carbocycles. The number of nitriles is 1. The maximum atomic E-state index is 12.3. The van der Waals surface area contributed by atoms with Gasteiger partial charge in [0.2, 0.25) is 0 Å². The molecule has 2 N–H and O–H groups in total. The van der Waals surface area contributed by atoms with Gasteiger partial charge in [0.25, 0.3) is 11.6 Å². The zero-order chi connectivity index (χ0) is 19.3. The molecule has 0 aromatic heterocycles. The van der Waals surface area contributed by atoms with Crippen LogP contribution >= 0.6 is 11.6 Å². The summed E-state index contributed by atoms with van der Waals surface area (Å²) >= 11 is 5.95. The molecule has 0 saturated carbocycles. The zero-order valence-electron chi connectivity index (χ0n) is 14.0. The van der Waals surface area contributed by atoms with E-state index in [0.29, 0.717) is 0 Å². The molecule has 0 aliphatic heterocycles. The monoisotopic (exact) mass is 370 g/mol. The fourth-order valence-corrected chi connectivity index (χ4v) is 2.27. The zero-order valence-corrected chi connectivity index (χ0v) is 14.8. The maximum absolute atomic E-state index is 12.3. The molecule has 0 atom stereocenters. The summed E-state index contributed by atoms with van der Waals surface area (Å²) in [5.74, 6) is -0.729. The van der Waals surface area contributed by atoms with Crippen LogP contribution in [0.2, 0.25) is 5.02 Å². The minimum atomic E-state index is -0.729. The van der Waals surface area contributed by atoms with Crippen LogP contribution < -0.4 is 10.6 Å². The first-order valence-corrected chi connectivity index (χ1v) is 7.89. The van der Waals surface area contributed by atoms with Gasteiger partial charge >= 0.3 is 0 Å². The minimum Gasteiger partial charge on any atom is -0.360 e. The van der Waals surface area contributed by atoms with Gasteiger partial charge in [-0.1, -0.05) is 23.7 Å². The highest BCUT2D eigenvalue weighted by atomic mass is 35.5. The van der Waals surface area contributed by atoms with E-state index in [9.17, 15) is 20.2 Å². The van der Waals surface area contributed by atoms with Crippen LogP contribution in [-0.2, 0) is 4.79 Å². The van der Waals surface area contributed by atoms with Crippen LogP contribution in [0, 0.1) is 35.3 Å². The van der Waals surface area contributed by atoms with Gasteiger partial charge in [0.15, 0.2) is 0 Å². The van der Waals surface area contributed by atoms with Crippen LogP contribution in [0.1, 0.15) is 11.1 Å². The molecule has 0 aliphatic rings. The van der Waals surface area contributed by atoms with E-state index in [1.807, 2.05) is 32.0 Å². The Morgan fingerprint density at radius 2 is 1.96 bits per heavy atom. The van der Waals surface area contributed by atoms with Gasteiger partial charge in [-0.3, -0.25) is 14.9 Å². The number of hydrogen-bond donors (Lipinski definition) is 2. The van der Waals surface area contributed by atoms with E-state index in [2.05, 4.69) is 10.6 Å². The number of nitrogens with one attached hydrogen (secondary N) is 2. The van der Waals surface area contributed by atoms with Crippen molar-refractivity contribution in [3.63, 3.8) is 0 Å². The lowest BCUT2D eigenvalue weighted by molar-refractivity contribution is -0.384. The number of aryl methyl sites for hydroxylation is 2. The smallest absolute Gasteiger partial charge is 0.271 e. The molecule has 132 valence electrons. The topological polar surface area (TPSA) is 108 Å². The average Bonchev–Trinajstić information content (AvgIpc) is 2.60. The van der Waals surface area contributed by atoms with Crippen molar-refractivity contribution in [3.05, 3.63) is 74.4 Å². The lowest BCUT2D eigenvalue weighted by Crippen LogP contribution is -2.15. The second-order valence-corrected chi connectivity index (χ2v) is 5.92. The van der Waals surface area contributed by atoms with Crippen molar-refractivity contribution in [3.8, 4) is 6.07 Å². The van der Waals surface area contributed by atoms with Crippen LogP contribution in [0.4, 0.5) is 17.1 Å². The summed E-state index contributed by atoms with van der Waals surface area (Å²) in [6.45, 7) is 3.82. The number of hydrogen-bond acceptors (Lipinski definition) is 5. The number of benzene rings is 2. The molecule has 0 heterocycles. The summed E-state index contributed by atoms with van der Waals surface area (Å²) in [5, 5.41) is 25.5. The second kappa shape index (κ2) is 8.14. The largest absolute Gasteiger partial charge is 0.360 e. The first-order valence-electron chi connectivity index (χ1n) is 7.51. The standard InChI is InChI=1S/C18H15ClN4O3/c1-11-3-4-12(2)16(7-11)21-10-13(9-20)18(24)22-17-8-14(23(25)26)5-6-15(17)19/h3-8,10,21H,1-2H3,(H,22,24)/b13-10-. The predicted molar refractivity (Wildman–Crippen MR) is 100.0 cm³/mol. The van der Waals surface area contributed by atoms with Gasteiger partial charge in [-0.25, -0.2) is 0 Å². The Labute approximate surface area is 155 Å². The summed E-state index contributed by atoms with van der Waals surface area (Å²) in [5.41, 5.74) is 2.37. The van der Waals surface area contributed by atoms with Crippen LogP contribution in [0.3, 0.4) is 0 Å². The molecule has 8 heteroatoms. The van der Waals surface area contributed by atoms with E-state index in [-0.39, 0.29) is 22.0 Å². The fourth-order valence-electron chi connectivity index (χ4n) is 2.10. The number of nitro groups is 1. The van der Waals surface area contributed by atoms with E-state index in [0.717, 1.165) is 22.9 Å². The molecule has 0 radical (unpaired) electrons. The van der Waals surface area contributed by atoms with E-state index in [1.165, 1.54) is 18.3 Å². The second-order valence-electron chi connectivity index (χ2n) is 5.51. The van der Waals surface area contributed by atoms with Crippen LogP contribution in [0.25, 0.3) is 0 Å². The number of nitro benzene ring substituents is 1. The Bertz CT molecular complexity index is 948. The first kappa shape index (κ1) is 19.0. The van der Waals surface area contributed by atoms with E-state index >= 15 is 0 Å². The van der Waals surface area contributed by atoms with Gasteiger partial charge in [0, 0.05) is 24.0 Å². The number of nitrogens with zero attached hydrogens (tertiary/aromatic N) is 2. The molecule has 0 saturated heterocycles. The molecular formula is C18H15ClN4O3. The quantitative estimate of drug-likeness (QED) is 0.352. The van der Waals surface area contributed by atoms with Crippen molar-refractivity contribution >= 4 is 34.6 Å². The Morgan fingerprint density at radius 3 is 2.62 bits per heavy atom. The SMILES string of the molecule is Cc1ccc(C)c(N/C=C(/C#N)C(=O)Nc2cc([N+](=O)[O-])ccc2Cl)c1. The molecule has 2 rings (SSSR count). The van der Waals surface area contributed by atoms with E-state index in [1.54, 1.807) is 6.07 Å². The summed E-state index contributed by atoms with van der Waals surface area (Å²) in [4.78, 5) is 22.5. The lowest BCUT2D eigenvalue weighted by Gasteiger charge is -2.09. The lowest BCUT2D eigenvalue weighted by atomic mass is 10.1. The Balaban J connectivity index is 2.21. The Hall–Kier alpha value is -3.37. The van der Waals surface area contributed by atoms with Gasteiger partial charge in [-0.05, 0) is 37.1 Å². The van der Waals surface area contributed by atoms with Gasteiger partial charge in [-0.15, -0.1) is 0 Å². The maximum Gasteiger partial charge on any atom is 0.271 e. The summed E-state index contributed by atoms with van der Waals surface area (Å²) in [6, 6.07) is 11.2. The third-order valence-electron chi connectivity index (χ3n) is 3.54. The van der Waals surface area contributed by atoms with Crippen LogP contribution in [-0.4, -0.2) is 10.8 Å². The summed E-state index contributed by atoms with van der Waals surface area (Å²) < 4.78 is 0. The van der Waals surface area contributed by atoms with Crippen LogP contribution in [0.15, 0.2) is 48.2 Å². The summed E-state index contributed by atoms with van der Waals surface area (Å²) in [6.07, 6.45) is 1.28. The number of rotatable bonds is 5. The highest BCUT2D eigenvalue weighted by Crippen LogP contribution is 2.27. The van der Waals surface area contributed by atoms with Gasteiger partial charge in [0.05, 0.1) is 15.6 Å². The molecule has 0 fully saturated rings. The molecular weight excluding hydrogens is 356 g/mol. The summed E-state index contributed by atoms with van der Waals surface area (Å²) in [7, 11) is 0. The predicted octanol–water partition coefficient (Wildman–Crippen LogP) is 4.32.